The lowest BCUT2D eigenvalue weighted by molar-refractivity contribution is -0.149. The molecule has 0 aromatic heterocycles. The van der Waals surface area contributed by atoms with E-state index in [1.165, 1.54) is 12.1 Å². The minimum absolute atomic E-state index is 0.0398. The Morgan fingerprint density at radius 1 is 1.39 bits per heavy atom. The van der Waals surface area contributed by atoms with Crippen LogP contribution in [0.4, 0.5) is 5.69 Å². The number of hydrogen-bond acceptors (Lipinski definition) is 5. The van der Waals surface area contributed by atoms with Crippen LogP contribution in [0.1, 0.15) is 18.4 Å². The zero-order valence-electron chi connectivity index (χ0n) is 13.5. The standard InChI is InChI=1S/C15H22N2O5S/c1-11-5-6-12(9-13(11)17(2)3)23(20,21)16-15(14(18)19)7-4-8-22-10-15/h5-6,9,16H,4,7-8,10H2,1-3H3,(H,18,19). The van der Waals surface area contributed by atoms with E-state index < -0.39 is 21.5 Å². The average Bonchev–Trinajstić information content (AvgIpc) is 2.47. The average molecular weight is 342 g/mol. The second-order valence-corrected chi connectivity index (χ2v) is 7.67. The molecule has 0 amide bonds. The third-order valence-electron chi connectivity index (χ3n) is 3.95. The summed E-state index contributed by atoms with van der Waals surface area (Å²) in [5.74, 6) is -1.22. The smallest absolute Gasteiger partial charge is 0.327 e. The summed E-state index contributed by atoms with van der Waals surface area (Å²) in [6.07, 6.45) is 0.694. The van der Waals surface area contributed by atoms with E-state index in [0.717, 1.165) is 11.3 Å². The van der Waals surface area contributed by atoms with E-state index in [-0.39, 0.29) is 17.9 Å². The van der Waals surface area contributed by atoms with Crippen LogP contribution in [-0.2, 0) is 19.6 Å². The number of carboxylic acids is 1. The first-order valence-corrected chi connectivity index (χ1v) is 8.79. The van der Waals surface area contributed by atoms with Crippen molar-refractivity contribution in [1.29, 1.82) is 0 Å². The van der Waals surface area contributed by atoms with Crippen molar-refractivity contribution in [3.8, 4) is 0 Å². The van der Waals surface area contributed by atoms with E-state index >= 15 is 0 Å². The molecule has 0 aliphatic carbocycles. The van der Waals surface area contributed by atoms with Gasteiger partial charge < -0.3 is 14.7 Å². The normalized spacial score (nSPS) is 21.9. The highest BCUT2D eigenvalue weighted by Crippen LogP contribution is 2.26. The van der Waals surface area contributed by atoms with Crippen LogP contribution in [0.3, 0.4) is 0 Å². The van der Waals surface area contributed by atoms with Crippen molar-refractivity contribution in [2.75, 3.05) is 32.2 Å². The molecule has 0 radical (unpaired) electrons. The fraction of sp³-hybridized carbons (Fsp3) is 0.533. The maximum atomic E-state index is 12.6. The summed E-state index contributed by atoms with van der Waals surface area (Å²) in [6.45, 7) is 2.15. The molecule has 1 aliphatic rings. The Balaban J connectivity index is 2.38. The molecule has 0 bridgehead atoms. The molecule has 1 aromatic carbocycles. The first-order chi connectivity index (χ1) is 10.7. The first-order valence-electron chi connectivity index (χ1n) is 7.31. The minimum Gasteiger partial charge on any atom is -0.480 e. The molecule has 23 heavy (non-hydrogen) atoms. The van der Waals surface area contributed by atoms with Crippen LogP contribution < -0.4 is 9.62 Å². The fourth-order valence-corrected chi connectivity index (χ4v) is 4.04. The summed E-state index contributed by atoms with van der Waals surface area (Å²) < 4.78 is 32.8. The van der Waals surface area contributed by atoms with Gasteiger partial charge in [0.25, 0.3) is 0 Å². The number of ether oxygens (including phenoxy) is 1. The van der Waals surface area contributed by atoms with Gasteiger partial charge in [0.15, 0.2) is 5.54 Å². The van der Waals surface area contributed by atoms with E-state index in [4.69, 9.17) is 4.74 Å². The molecule has 2 rings (SSSR count). The third kappa shape index (κ3) is 3.65. The molecule has 1 unspecified atom stereocenters. The lowest BCUT2D eigenvalue weighted by Gasteiger charge is -2.33. The lowest BCUT2D eigenvalue weighted by Crippen LogP contribution is -2.59. The number of sulfonamides is 1. The van der Waals surface area contributed by atoms with Crippen LogP contribution in [0.5, 0.6) is 0 Å². The Labute approximate surface area is 136 Å². The number of hydrogen-bond donors (Lipinski definition) is 2. The molecule has 8 heteroatoms. The number of nitrogens with zero attached hydrogens (tertiary/aromatic N) is 1. The van der Waals surface area contributed by atoms with E-state index in [1.54, 1.807) is 6.07 Å². The van der Waals surface area contributed by atoms with Gasteiger partial charge in [-0.15, -0.1) is 0 Å². The Kier molecular flexibility index (Phi) is 4.98. The van der Waals surface area contributed by atoms with Gasteiger partial charge in [0.1, 0.15) is 0 Å². The maximum Gasteiger partial charge on any atom is 0.327 e. The van der Waals surface area contributed by atoms with Gasteiger partial charge in [-0.05, 0) is 37.5 Å². The van der Waals surface area contributed by atoms with E-state index in [0.29, 0.717) is 13.0 Å². The van der Waals surface area contributed by atoms with Crippen LogP contribution in [0.2, 0.25) is 0 Å². The second kappa shape index (κ2) is 6.46. The van der Waals surface area contributed by atoms with Crippen molar-refractivity contribution in [1.82, 2.24) is 4.72 Å². The highest BCUT2D eigenvalue weighted by Gasteiger charge is 2.44. The molecule has 1 aliphatic heterocycles. The zero-order valence-corrected chi connectivity index (χ0v) is 14.3. The summed E-state index contributed by atoms with van der Waals surface area (Å²) >= 11 is 0. The van der Waals surface area contributed by atoms with Gasteiger partial charge in [-0.2, -0.15) is 4.72 Å². The van der Waals surface area contributed by atoms with Crippen molar-refractivity contribution in [3.05, 3.63) is 23.8 Å². The molecule has 2 N–H and O–H groups in total. The Morgan fingerprint density at radius 2 is 2.09 bits per heavy atom. The molecule has 7 nitrogen and oxygen atoms in total. The van der Waals surface area contributed by atoms with Gasteiger partial charge in [-0.25, -0.2) is 8.42 Å². The molecule has 1 atom stereocenters. The number of aliphatic carboxylic acids is 1. The Bertz CT molecular complexity index is 694. The van der Waals surface area contributed by atoms with Crippen molar-refractivity contribution in [2.45, 2.75) is 30.2 Å². The quantitative estimate of drug-likeness (QED) is 0.828. The summed E-state index contributed by atoms with van der Waals surface area (Å²) in [7, 11) is -0.335. The van der Waals surface area contributed by atoms with E-state index in [1.807, 2.05) is 25.9 Å². The van der Waals surface area contributed by atoms with Gasteiger partial charge in [-0.3, -0.25) is 4.79 Å². The number of benzene rings is 1. The minimum atomic E-state index is -3.97. The van der Waals surface area contributed by atoms with Crippen LogP contribution in [0, 0.1) is 6.92 Å². The van der Waals surface area contributed by atoms with Crippen molar-refractivity contribution < 1.29 is 23.1 Å². The zero-order chi connectivity index (χ0) is 17.3. The van der Waals surface area contributed by atoms with E-state index in [2.05, 4.69) is 4.72 Å². The molecular formula is C15H22N2O5S. The largest absolute Gasteiger partial charge is 0.480 e. The molecule has 128 valence electrons. The number of carboxylic acid groups (broad SMARTS) is 1. The number of carbonyl (C=O) groups is 1. The van der Waals surface area contributed by atoms with Crippen molar-refractivity contribution >= 4 is 21.7 Å². The number of nitrogens with one attached hydrogen (secondary N) is 1. The molecule has 0 spiro atoms. The molecule has 0 saturated carbocycles. The molecular weight excluding hydrogens is 320 g/mol. The number of aryl methyl sites for hydroxylation is 1. The first kappa shape index (κ1) is 17.7. The van der Waals surface area contributed by atoms with Crippen molar-refractivity contribution in [3.63, 3.8) is 0 Å². The van der Waals surface area contributed by atoms with Crippen molar-refractivity contribution in [2.24, 2.45) is 0 Å². The van der Waals surface area contributed by atoms with Crippen LogP contribution in [-0.4, -0.2) is 52.3 Å². The van der Waals surface area contributed by atoms with Gasteiger partial charge in [0, 0.05) is 26.4 Å². The topological polar surface area (TPSA) is 95.9 Å². The fourth-order valence-electron chi connectivity index (χ4n) is 2.64. The SMILES string of the molecule is Cc1ccc(S(=O)(=O)NC2(C(=O)O)CCCOC2)cc1N(C)C. The van der Waals surface area contributed by atoms with Crippen LogP contribution >= 0.6 is 0 Å². The van der Waals surface area contributed by atoms with Gasteiger partial charge in [-0.1, -0.05) is 6.07 Å². The predicted molar refractivity (Wildman–Crippen MR) is 86.2 cm³/mol. The predicted octanol–water partition coefficient (Wildman–Crippen LogP) is 0.973. The monoisotopic (exact) mass is 342 g/mol. The van der Waals surface area contributed by atoms with Gasteiger partial charge in [0.05, 0.1) is 11.5 Å². The highest BCUT2D eigenvalue weighted by molar-refractivity contribution is 7.89. The summed E-state index contributed by atoms with van der Waals surface area (Å²) in [6, 6.07) is 4.72. The Hall–Kier alpha value is -1.64. The van der Waals surface area contributed by atoms with Crippen LogP contribution in [0.15, 0.2) is 23.1 Å². The molecule has 1 aromatic rings. The molecule has 1 saturated heterocycles. The molecule has 1 heterocycles. The number of rotatable bonds is 5. The lowest BCUT2D eigenvalue weighted by atomic mass is 9.94. The van der Waals surface area contributed by atoms with E-state index in [9.17, 15) is 18.3 Å². The molecule has 1 fully saturated rings. The van der Waals surface area contributed by atoms with Crippen LogP contribution in [0.25, 0.3) is 0 Å². The van der Waals surface area contributed by atoms with Gasteiger partial charge in [0.2, 0.25) is 10.0 Å². The summed E-state index contributed by atoms with van der Waals surface area (Å²) in [4.78, 5) is 13.4. The van der Waals surface area contributed by atoms with Gasteiger partial charge >= 0.3 is 5.97 Å². The summed E-state index contributed by atoms with van der Waals surface area (Å²) in [5.41, 5.74) is 0.0836. The summed E-state index contributed by atoms with van der Waals surface area (Å²) in [5, 5.41) is 9.47. The maximum absolute atomic E-state index is 12.6. The third-order valence-corrected chi connectivity index (χ3v) is 5.49. The Morgan fingerprint density at radius 3 is 2.61 bits per heavy atom. The number of anilines is 1. The highest BCUT2D eigenvalue weighted by atomic mass is 32.2. The second-order valence-electron chi connectivity index (χ2n) is 5.99.